The summed E-state index contributed by atoms with van der Waals surface area (Å²) in [4.78, 5) is 2.20. The maximum Gasteiger partial charge on any atom is 0.0909 e. The molecule has 0 aromatic carbocycles. The SMILES string of the molecule is CN(Cc1n[nH]c2c1CCCCC2)C[C@@]1(O)CCNC1. The minimum Gasteiger partial charge on any atom is -0.387 e. The van der Waals surface area contributed by atoms with Crippen LogP contribution in [0.25, 0.3) is 0 Å². The highest BCUT2D eigenvalue weighted by atomic mass is 16.3. The van der Waals surface area contributed by atoms with Crippen LogP contribution in [-0.4, -0.2) is 52.5 Å². The molecule has 1 aliphatic heterocycles. The fourth-order valence-corrected chi connectivity index (χ4v) is 3.54. The van der Waals surface area contributed by atoms with Gasteiger partial charge in [-0.15, -0.1) is 0 Å². The number of hydrogen-bond acceptors (Lipinski definition) is 4. The number of aromatic nitrogens is 2. The molecule has 0 unspecified atom stereocenters. The van der Waals surface area contributed by atoms with Gasteiger partial charge in [-0.3, -0.25) is 10.00 Å². The van der Waals surface area contributed by atoms with Crippen LogP contribution in [0.15, 0.2) is 0 Å². The van der Waals surface area contributed by atoms with Crippen molar-refractivity contribution in [2.75, 3.05) is 26.7 Å². The number of hydrogen-bond donors (Lipinski definition) is 3. The van der Waals surface area contributed by atoms with E-state index in [9.17, 15) is 5.11 Å². The van der Waals surface area contributed by atoms with Gasteiger partial charge in [0.15, 0.2) is 0 Å². The van der Waals surface area contributed by atoms with Crippen molar-refractivity contribution in [2.24, 2.45) is 0 Å². The molecule has 1 aromatic rings. The van der Waals surface area contributed by atoms with Crippen LogP contribution in [-0.2, 0) is 19.4 Å². The van der Waals surface area contributed by atoms with Gasteiger partial charge in [-0.25, -0.2) is 0 Å². The summed E-state index contributed by atoms with van der Waals surface area (Å²) in [6.07, 6.45) is 7.01. The first-order valence-corrected chi connectivity index (χ1v) is 7.83. The molecule has 1 atom stereocenters. The number of fused-ring (bicyclic) bond motifs is 1. The Morgan fingerprint density at radius 1 is 1.30 bits per heavy atom. The zero-order chi connectivity index (χ0) is 14.0. The number of aryl methyl sites for hydroxylation is 1. The van der Waals surface area contributed by atoms with Gasteiger partial charge >= 0.3 is 0 Å². The zero-order valence-electron chi connectivity index (χ0n) is 12.4. The fraction of sp³-hybridized carbons (Fsp3) is 0.800. The normalized spacial score (nSPS) is 26.8. The van der Waals surface area contributed by atoms with E-state index in [-0.39, 0.29) is 0 Å². The van der Waals surface area contributed by atoms with Gasteiger partial charge in [0.25, 0.3) is 0 Å². The van der Waals surface area contributed by atoms with E-state index in [4.69, 9.17) is 0 Å². The van der Waals surface area contributed by atoms with Crippen molar-refractivity contribution in [2.45, 2.75) is 50.7 Å². The van der Waals surface area contributed by atoms with Crippen molar-refractivity contribution in [3.63, 3.8) is 0 Å². The third kappa shape index (κ3) is 3.05. The number of aliphatic hydroxyl groups is 1. The van der Waals surface area contributed by atoms with Gasteiger partial charge < -0.3 is 10.4 Å². The molecule has 0 spiro atoms. The van der Waals surface area contributed by atoms with E-state index in [0.29, 0.717) is 13.1 Å². The summed E-state index contributed by atoms with van der Waals surface area (Å²) in [6.45, 7) is 3.16. The molecule has 2 heterocycles. The lowest BCUT2D eigenvalue weighted by Crippen LogP contribution is -2.43. The number of rotatable bonds is 4. The minimum absolute atomic E-state index is 0.567. The van der Waals surface area contributed by atoms with Gasteiger partial charge in [0.05, 0.1) is 11.3 Å². The van der Waals surface area contributed by atoms with Crippen molar-refractivity contribution >= 4 is 0 Å². The quantitative estimate of drug-likeness (QED) is 0.714. The summed E-state index contributed by atoms with van der Waals surface area (Å²) < 4.78 is 0. The number of H-pyrrole nitrogens is 1. The van der Waals surface area contributed by atoms with Crippen LogP contribution >= 0.6 is 0 Å². The largest absolute Gasteiger partial charge is 0.387 e. The average Bonchev–Trinajstić information content (AvgIpc) is 2.90. The van der Waals surface area contributed by atoms with Gasteiger partial charge in [-0.05, 0) is 51.3 Å². The Bertz CT molecular complexity index is 451. The fourth-order valence-electron chi connectivity index (χ4n) is 3.54. The van der Waals surface area contributed by atoms with Crippen LogP contribution < -0.4 is 5.32 Å². The van der Waals surface area contributed by atoms with Gasteiger partial charge in [-0.1, -0.05) is 6.42 Å². The molecular weight excluding hydrogens is 252 g/mol. The maximum atomic E-state index is 10.4. The molecule has 0 bridgehead atoms. The van der Waals surface area contributed by atoms with E-state index in [1.54, 1.807) is 0 Å². The highest BCUT2D eigenvalue weighted by Crippen LogP contribution is 2.23. The van der Waals surface area contributed by atoms with Crippen molar-refractivity contribution in [1.29, 1.82) is 0 Å². The van der Waals surface area contributed by atoms with E-state index in [0.717, 1.165) is 32.4 Å². The number of likely N-dealkylation sites (N-methyl/N-ethyl adjacent to an activating group) is 1. The first kappa shape index (κ1) is 14.0. The molecule has 112 valence electrons. The van der Waals surface area contributed by atoms with Gasteiger partial charge in [0.1, 0.15) is 0 Å². The molecule has 2 aliphatic rings. The van der Waals surface area contributed by atoms with E-state index in [1.165, 1.54) is 36.2 Å². The topological polar surface area (TPSA) is 64.2 Å². The van der Waals surface area contributed by atoms with Crippen molar-refractivity contribution < 1.29 is 5.11 Å². The maximum absolute atomic E-state index is 10.4. The molecule has 5 nitrogen and oxygen atoms in total. The van der Waals surface area contributed by atoms with E-state index >= 15 is 0 Å². The average molecular weight is 278 g/mol. The number of aromatic amines is 1. The lowest BCUT2D eigenvalue weighted by molar-refractivity contribution is 0.0260. The lowest BCUT2D eigenvalue weighted by Gasteiger charge is -2.27. The third-order valence-electron chi connectivity index (χ3n) is 4.60. The Labute approximate surface area is 120 Å². The van der Waals surface area contributed by atoms with E-state index < -0.39 is 5.60 Å². The summed E-state index contributed by atoms with van der Waals surface area (Å²) >= 11 is 0. The minimum atomic E-state index is -0.567. The molecule has 1 saturated heterocycles. The highest BCUT2D eigenvalue weighted by Gasteiger charge is 2.32. The third-order valence-corrected chi connectivity index (χ3v) is 4.60. The van der Waals surface area contributed by atoms with Crippen molar-refractivity contribution in [1.82, 2.24) is 20.4 Å². The smallest absolute Gasteiger partial charge is 0.0909 e. The summed E-state index contributed by atoms with van der Waals surface area (Å²) in [5, 5.41) is 21.4. The van der Waals surface area contributed by atoms with Gasteiger partial charge in [0.2, 0.25) is 0 Å². The highest BCUT2D eigenvalue weighted by molar-refractivity contribution is 5.26. The molecule has 0 amide bonds. The number of β-amino-alcohol motifs (C(OH)–C–C–N with tert-alkyl or cyclic N) is 1. The number of nitrogens with one attached hydrogen (secondary N) is 2. The Morgan fingerprint density at radius 2 is 2.15 bits per heavy atom. The van der Waals surface area contributed by atoms with Crippen LogP contribution in [0.2, 0.25) is 0 Å². The first-order chi connectivity index (χ1) is 9.66. The summed E-state index contributed by atoms with van der Waals surface area (Å²) in [5.74, 6) is 0. The molecule has 20 heavy (non-hydrogen) atoms. The molecule has 1 aliphatic carbocycles. The predicted octanol–water partition coefficient (Wildman–Crippen LogP) is 0.835. The standard InChI is InChI=1S/C15H26N4O/c1-19(11-15(20)7-8-16-10-15)9-14-12-5-3-2-4-6-13(12)17-18-14/h16,20H,2-11H2,1H3,(H,17,18)/t15-/m1/s1. The Kier molecular flexibility index (Phi) is 4.10. The second-order valence-corrected chi connectivity index (χ2v) is 6.51. The van der Waals surface area contributed by atoms with Crippen molar-refractivity contribution in [3.8, 4) is 0 Å². The van der Waals surface area contributed by atoms with Gasteiger partial charge in [-0.2, -0.15) is 5.10 Å². The first-order valence-electron chi connectivity index (χ1n) is 7.83. The van der Waals surface area contributed by atoms with Gasteiger partial charge in [0, 0.05) is 25.3 Å². The number of nitrogens with zero attached hydrogens (tertiary/aromatic N) is 2. The molecule has 1 aromatic heterocycles. The van der Waals surface area contributed by atoms with E-state index in [1.807, 2.05) is 0 Å². The second-order valence-electron chi connectivity index (χ2n) is 6.51. The van der Waals surface area contributed by atoms with Crippen LogP contribution in [0, 0.1) is 0 Å². The molecular formula is C15H26N4O. The molecule has 5 heteroatoms. The van der Waals surface area contributed by atoms with Crippen LogP contribution in [0.1, 0.15) is 42.6 Å². The van der Waals surface area contributed by atoms with E-state index in [2.05, 4.69) is 27.5 Å². The van der Waals surface area contributed by atoms with Crippen molar-refractivity contribution in [3.05, 3.63) is 17.0 Å². The lowest BCUT2D eigenvalue weighted by atomic mass is 10.0. The Morgan fingerprint density at radius 3 is 2.95 bits per heavy atom. The molecule has 3 N–H and O–H groups in total. The predicted molar refractivity (Wildman–Crippen MR) is 78.6 cm³/mol. The Balaban J connectivity index is 1.64. The monoisotopic (exact) mass is 278 g/mol. The van der Waals surface area contributed by atoms with Crippen LogP contribution in [0.5, 0.6) is 0 Å². The second kappa shape index (κ2) is 5.84. The molecule has 3 rings (SSSR count). The van der Waals surface area contributed by atoms with Crippen LogP contribution in [0.4, 0.5) is 0 Å². The summed E-state index contributed by atoms with van der Waals surface area (Å²) in [7, 11) is 2.08. The zero-order valence-corrected chi connectivity index (χ0v) is 12.4. The summed E-state index contributed by atoms with van der Waals surface area (Å²) in [6, 6.07) is 0. The Hall–Kier alpha value is -0.910. The summed E-state index contributed by atoms with van der Waals surface area (Å²) in [5.41, 5.74) is 3.39. The molecule has 0 radical (unpaired) electrons. The molecule has 0 saturated carbocycles. The molecule has 1 fully saturated rings. The van der Waals surface area contributed by atoms with Crippen LogP contribution in [0.3, 0.4) is 0 Å².